The summed E-state index contributed by atoms with van der Waals surface area (Å²) in [5, 5.41) is 4.58. The Morgan fingerprint density at radius 3 is 3.11 bits per heavy atom. The van der Waals surface area contributed by atoms with Crippen molar-refractivity contribution < 1.29 is 4.74 Å². The van der Waals surface area contributed by atoms with Gasteiger partial charge in [-0.05, 0) is 24.7 Å². The molecule has 0 saturated carbocycles. The molecule has 4 nitrogen and oxygen atoms in total. The van der Waals surface area contributed by atoms with Crippen LogP contribution in [0.3, 0.4) is 0 Å². The number of fused-ring (bicyclic) bond motifs is 1. The molecule has 3 rings (SSSR count). The number of nitrogens with zero attached hydrogens (tertiary/aromatic N) is 2. The van der Waals surface area contributed by atoms with Crippen LogP contribution in [0.4, 0.5) is 0 Å². The average Bonchev–Trinajstić information content (AvgIpc) is 2.46. The lowest BCUT2D eigenvalue weighted by atomic mass is 10.0. The summed E-state index contributed by atoms with van der Waals surface area (Å²) in [4.78, 5) is 6.96. The second-order valence-electron chi connectivity index (χ2n) is 5.00. The minimum atomic E-state index is 0.400. The Kier molecular flexibility index (Phi) is 3.36. The average molecular weight is 257 g/mol. The standard InChI is InChI=1S/C15H19N3O/c1-18-7-6-16-10-13(18)12-8-11-4-3-5-14(19-2)15(11)17-9-12/h3-5,8-9,13,16H,6-7,10H2,1-2H3. The molecule has 1 aromatic heterocycles. The number of para-hydroxylation sites is 1. The van der Waals surface area contributed by atoms with Gasteiger partial charge in [-0.2, -0.15) is 0 Å². The zero-order valence-corrected chi connectivity index (χ0v) is 11.4. The Hall–Kier alpha value is -1.65. The fraction of sp³-hybridized carbons (Fsp3) is 0.400. The van der Waals surface area contributed by atoms with Gasteiger partial charge in [0.15, 0.2) is 0 Å². The monoisotopic (exact) mass is 257 g/mol. The largest absolute Gasteiger partial charge is 0.494 e. The maximum Gasteiger partial charge on any atom is 0.145 e. The molecule has 0 bridgehead atoms. The molecule has 4 heteroatoms. The third-order valence-corrected chi connectivity index (χ3v) is 3.81. The Labute approximate surface area is 113 Å². The third-order valence-electron chi connectivity index (χ3n) is 3.81. The smallest absolute Gasteiger partial charge is 0.145 e. The van der Waals surface area contributed by atoms with E-state index < -0.39 is 0 Å². The number of aromatic nitrogens is 1. The fourth-order valence-corrected chi connectivity index (χ4v) is 2.67. The number of ether oxygens (including phenoxy) is 1. The van der Waals surface area contributed by atoms with Gasteiger partial charge in [-0.3, -0.25) is 9.88 Å². The maximum absolute atomic E-state index is 5.35. The molecule has 1 N–H and O–H groups in total. The van der Waals surface area contributed by atoms with E-state index in [2.05, 4.69) is 34.4 Å². The summed E-state index contributed by atoms with van der Waals surface area (Å²) in [6.45, 7) is 3.11. The van der Waals surface area contributed by atoms with Gasteiger partial charge in [0.2, 0.25) is 0 Å². The van der Waals surface area contributed by atoms with Gasteiger partial charge in [0.1, 0.15) is 11.3 Å². The minimum Gasteiger partial charge on any atom is -0.494 e. The van der Waals surface area contributed by atoms with Crippen LogP contribution in [-0.4, -0.2) is 43.7 Å². The highest BCUT2D eigenvalue weighted by Gasteiger charge is 2.21. The zero-order valence-electron chi connectivity index (χ0n) is 11.4. The quantitative estimate of drug-likeness (QED) is 0.890. The van der Waals surface area contributed by atoms with Crippen molar-refractivity contribution in [2.75, 3.05) is 33.8 Å². The molecule has 2 aromatic rings. The Bertz CT molecular complexity index is 585. The summed E-state index contributed by atoms with van der Waals surface area (Å²) in [5.74, 6) is 0.833. The van der Waals surface area contributed by atoms with Gasteiger partial charge in [0, 0.05) is 37.3 Å². The van der Waals surface area contributed by atoms with Crippen LogP contribution < -0.4 is 10.1 Å². The molecule has 2 heterocycles. The van der Waals surface area contributed by atoms with Gasteiger partial charge in [0.25, 0.3) is 0 Å². The Balaban J connectivity index is 2.02. The molecule has 1 unspecified atom stereocenters. The molecule has 0 aliphatic carbocycles. The third kappa shape index (κ3) is 2.29. The molecule has 1 saturated heterocycles. The number of piperazine rings is 1. The number of hydrogen-bond donors (Lipinski definition) is 1. The van der Waals surface area contributed by atoms with Crippen molar-refractivity contribution in [3.8, 4) is 5.75 Å². The van der Waals surface area contributed by atoms with E-state index in [9.17, 15) is 0 Å². The van der Waals surface area contributed by atoms with Crippen LogP contribution in [0.1, 0.15) is 11.6 Å². The van der Waals surface area contributed by atoms with Crippen molar-refractivity contribution in [2.45, 2.75) is 6.04 Å². The van der Waals surface area contributed by atoms with E-state index in [1.54, 1.807) is 7.11 Å². The van der Waals surface area contributed by atoms with E-state index in [1.165, 1.54) is 5.56 Å². The molecule has 1 aliphatic rings. The molecule has 1 aliphatic heterocycles. The number of rotatable bonds is 2. The van der Waals surface area contributed by atoms with Crippen molar-refractivity contribution in [1.29, 1.82) is 0 Å². The minimum absolute atomic E-state index is 0.400. The number of benzene rings is 1. The van der Waals surface area contributed by atoms with E-state index in [0.29, 0.717) is 6.04 Å². The van der Waals surface area contributed by atoms with Crippen LogP contribution in [0.15, 0.2) is 30.5 Å². The summed E-state index contributed by atoms with van der Waals surface area (Å²) in [6.07, 6.45) is 1.97. The predicted molar refractivity (Wildman–Crippen MR) is 76.5 cm³/mol. The van der Waals surface area contributed by atoms with E-state index in [1.807, 2.05) is 18.3 Å². The number of pyridine rings is 1. The van der Waals surface area contributed by atoms with E-state index in [0.717, 1.165) is 36.3 Å². The lowest BCUT2D eigenvalue weighted by Crippen LogP contribution is -2.43. The molecule has 0 spiro atoms. The van der Waals surface area contributed by atoms with Crippen LogP contribution in [0.2, 0.25) is 0 Å². The predicted octanol–water partition coefficient (Wildman–Crippen LogP) is 1.82. The molecule has 0 radical (unpaired) electrons. The molecule has 0 amide bonds. The first-order chi connectivity index (χ1) is 9.29. The van der Waals surface area contributed by atoms with E-state index in [-0.39, 0.29) is 0 Å². The first-order valence-electron chi connectivity index (χ1n) is 6.63. The molecule has 1 aromatic carbocycles. The molecule has 1 fully saturated rings. The zero-order chi connectivity index (χ0) is 13.2. The van der Waals surface area contributed by atoms with Gasteiger partial charge in [-0.25, -0.2) is 0 Å². The topological polar surface area (TPSA) is 37.4 Å². The Morgan fingerprint density at radius 2 is 2.32 bits per heavy atom. The van der Waals surface area contributed by atoms with Gasteiger partial charge in [-0.1, -0.05) is 12.1 Å². The van der Waals surface area contributed by atoms with E-state index in [4.69, 9.17) is 4.74 Å². The number of hydrogen-bond acceptors (Lipinski definition) is 4. The van der Waals surface area contributed by atoms with Gasteiger partial charge in [0.05, 0.1) is 7.11 Å². The Morgan fingerprint density at radius 1 is 1.42 bits per heavy atom. The van der Waals surface area contributed by atoms with Crippen molar-refractivity contribution in [3.63, 3.8) is 0 Å². The number of methoxy groups -OCH3 is 1. The molecule has 100 valence electrons. The van der Waals surface area contributed by atoms with Crippen molar-refractivity contribution in [1.82, 2.24) is 15.2 Å². The number of likely N-dealkylation sites (N-methyl/N-ethyl adjacent to an activating group) is 1. The first-order valence-corrected chi connectivity index (χ1v) is 6.63. The lowest BCUT2D eigenvalue weighted by Gasteiger charge is -2.33. The summed E-state index contributed by atoms with van der Waals surface area (Å²) in [6, 6.07) is 8.67. The number of nitrogens with one attached hydrogen (secondary N) is 1. The summed E-state index contributed by atoms with van der Waals surface area (Å²) in [5.41, 5.74) is 2.19. The van der Waals surface area contributed by atoms with E-state index >= 15 is 0 Å². The van der Waals surface area contributed by atoms with Crippen molar-refractivity contribution in [2.24, 2.45) is 0 Å². The van der Waals surface area contributed by atoms with Gasteiger partial charge in [-0.15, -0.1) is 0 Å². The normalized spacial score (nSPS) is 20.6. The van der Waals surface area contributed by atoms with Gasteiger partial charge >= 0.3 is 0 Å². The van der Waals surface area contributed by atoms with Crippen LogP contribution in [-0.2, 0) is 0 Å². The van der Waals surface area contributed by atoms with Crippen LogP contribution >= 0.6 is 0 Å². The SMILES string of the molecule is COc1cccc2cc(C3CNCCN3C)cnc12. The molecular formula is C15H19N3O. The van der Waals surface area contributed by atoms with Crippen molar-refractivity contribution >= 4 is 10.9 Å². The van der Waals surface area contributed by atoms with Crippen LogP contribution in [0.25, 0.3) is 10.9 Å². The van der Waals surface area contributed by atoms with Crippen LogP contribution in [0.5, 0.6) is 5.75 Å². The highest BCUT2D eigenvalue weighted by Crippen LogP contribution is 2.27. The first kappa shape index (κ1) is 12.4. The molecule has 1 atom stereocenters. The highest BCUT2D eigenvalue weighted by atomic mass is 16.5. The van der Waals surface area contributed by atoms with Crippen molar-refractivity contribution in [3.05, 3.63) is 36.0 Å². The van der Waals surface area contributed by atoms with Gasteiger partial charge < -0.3 is 10.1 Å². The highest BCUT2D eigenvalue weighted by molar-refractivity contribution is 5.84. The van der Waals surface area contributed by atoms with Crippen LogP contribution in [0, 0.1) is 0 Å². The maximum atomic E-state index is 5.35. The summed E-state index contributed by atoms with van der Waals surface area (Å²) in [7, 11) is 3.85. The second-order valence-corrected chi connectivity index (χ2v) is 5.00. The summed E-state index contributed by atoms with van der Waals surface area (Å²) >= 11 is 0. The fourth-order valence-electron chi connectivity index (χ4n) is 2.67. The lowest BCUT2D eigenvalue weighted by molar-refractivity contribution is 0.202. The second kappa shape index (κ2) is 5.15. The molecular weight excluding hydrogens is 238 g/mol. The molecule has 19 heavy (non-hydrogen) atoms. The summed E-state index contributed by atoms with van der Waals surface area (Å²) < 4.78 is 5.35.